The lowest BCUT2D eigenvalue weighted by molar-refractivity contribution is -0.154. The lowest BCUT2D eigenvalue weighted by atomic mass is 9.74. The summed E-state index contributed by atoms with van der Waals surface area (Å²) in [6.45, 7) is 6.86. The number of alkyl halides is 6. The van der Waals surface area contributed by atoms with E-state index in [1.165, 1.54) is 14.0 Å². The van der Waals surface area contributed by atoms with Crippen molar-refractivity contribution in [2.24, 2.45) is 5.41 Å². The Bertz CT molecular complexity index is 770. The van der Waals surface area contributed by atoms with Gasteiger partial charge in [-0.05, 0) is 26.2 Å². The molecule has 0 aliphatic heterocycles. The van der Waals surface area contributed by atoms with Crippen LogP contribution >= 0.6 is 8.73 Å². The zero-order valence-corrected chi connectivity index (χ0v) is 23.1. The molecule has 0 heterocycles. The number of sulfonamides is 2. The van der Waals surface area contributed by atoms with Gasteiger partial charge in [0.25, 0.3) is 0 Å². The fourth-order valence-electron chi connectivity index (χ4n) is 3.47. The van der Waals surface area contributed by atoms with E-state index >= 15 is 0 Å². The molecular weight excluding hydrogens is 547 g/mol. The average Bonchev–Trinajstić information content (AvgIpc) is 2.74. The summed E-state index contributed by atoms with van der Waals surface area (Å²) >= 11 is 0. The summed E-state index contributed by atoms with van der Waals surface area (Å²) in [5.74, 6) is -1.60. The lowest BCUT2D eigenvalue weighted by Crippen LogP contribution is -2.48. The molecule has 3 unspecified atom stereocenters. The van der Waals surface area contributed by atoms with Gasteiger partial charge in [-0.1, -0.05) is 62.8 Å². The summed E-state index contributed by atoms with van der Waals surface area (Å²) in [7, 11) is -14.7. The molecule has 0 fully saturated rings. The van der Waals surface area contributed by atoms with Gasteiger partial charge in [-0.2, -0.15) is 26.3 Å². The van der Waals surface area contributed by atoms with Crippen LogP contribution in [0.3, 0.4) is 0 Å². The van der Waals surface area contributed by atoms with Crippen molar-refractivity contribution in [2.45, 2.75) is 109 Å². The van der Waals surface area contributed by atoms with Crippen molar-refractivity contribution < 1.29 is 52.7 Å². The smallest absolute Gasteiger partial charge is 0.356 e. The second-order valence-electron chi connectivity index (χ2n) is 8.22. The monoisotopic (exact) mass is 583 g/mol. The van der Waals surface area contributed by atoms with E-state index < -0.39 is 60.8 Å². The van der Waals surface area contributed by atoms with Gasteiger partial charge in [0.1, 0.15) is 0 Å². The topological polar surface area (TPSA) is 90.0 Å². The van der Waals surface area contributed by atoms with Gasteiger partial charge in [-0.3, -0.25) is 0 Å². The number of unbranched alkanes of at least 4 members (excludes halogenated alkanes) is 3. The average molecular weight is 584 g/mol. The highest BCUT2D eigenvalue weighted by molar-refractivity contribution is 8.09. The quantitative estimate of drug-likeness (QED) is 0.111. The van der Waals surface area contributed by atoms with Crippen LogP contribution in [0.1, 0.15) is 85.5 Å². The minimum atomic E-state index is -6.92. The summed E-state index contributed by atoms with van der Waals surface area (Å²) in [4.78, 5) is 0. The molecule has 0 aliphatic carbocycles. The second-order valence-corrected chi connectivity index (χ2v) is 13.9. The van der Waals surface area contributed by atoms with Gasteiger partial charge in [0.2, 0.25) is 0 Å². The fraction of sp³-hybridized carbons (Fsp3) is 1.00. The van der Waals surface area contributed by atoms with Gasteiger partial charge in [0.05, 0.1) is 5.85 Å². The largest absolute Gasteiger partial charge is 0.512 e. The third kappa shape index (κ3) is 9.24. The van der Waals surface area contributed by atoms with Crippen LogP contribution in [-0.2, 0) is 29.5 Å². The molecule has 3 atom stereocenters. The first-order valence-corrected chi connectivity index (χ1v) is 15.2. The van der Waals surface area contributed by atoms with Crippen molar-refractivity contribution >= 4 is 28.8 Å². The number of halogens is 6. The standard InChI is InChI=1S/C19H36F6NO6PS2/c1-6-9-12-17(13-10-7-2,14-11-8-3)16(32-15(4)31-5)33-26(34(27,28)18(20,21)22)35(29,30)19(23,24)25/h15-16,33H,6-14H2,1-5H3. The van der Waals surface area contributed by atoms with Crippen LogP contribution in [0, 0.1) is 5.41 Å². The maximum atomic E-state index is 13.4. The molecule has 0 radical (unpaired) electrons. The zero-order valence-electron chi connectivity index (χ0n) is 20.5. The predicted molar refractivity (Wildman–Crippen MR) is 122 cm³/mol. The Hall–Kier alpha value is -0.210. The molecule has 0 N–H and O–H groups in total. The van der Waals surface area contributed by atoms with Crippen LogP contribution in [0.5, 0.6) is 0 Å². The van der Waals surface area contributed by atoms with Crippen LogP contribution < -0.4 is 0 Å². The molecule has 0 saturated heterocycles. The van der Waals surface area contributed by atoms with E-state index in [2.05, 4.69) is 0 Å². The molecule has 0 saturated carbocycles. The maximum Gasteiger partial charge on any atom is 0.512 e. The number of hydrogen-bond donors (Lipinski definition) is 0. The van der Waals surface area contributed by atoms with Gasteiger partial charge in [-0.15, -0.1) is 0 Å². The van der Waals surface area contributed by atoms with E-state index in [4.69, 9.17) is 9.47 Å². The third-order valence-corrected chi connectivity index (χ3v) is 12.0. The molecule has 0 rings (SSSR count). The molecule has 7 nitrogen and oxygen atoms in total. The second kappa shape index (κ2) is 14.1. The molecule has 212 valence electrons. The molecule has 0 bridgehead atoms. The zero-order chi connectivity index (χ0) is 27.7. The van der Waals surface area contributed by atoms with Crippen molar-refractivity contribution in [1.82, 2.24) is 3.48 Å². The van der Waals surface area contributed by atoms with Crippen LogP contribution in [0.25, 0.3) is 0 Å². The van der Waals surface area contributed by atoms with E-state index in [1.807, 2.05) is 20.8 Å². The van der Waals surface area contributed by atoms with Gasteiger partial charge >= 0.3 is 31.1 Å². The molecule has 0 aliphatic rings. The van der Waals surface area contributed by atoms with E-state index in [0.717, 1.165) is 0 Å². The first kappa shape index (κ1) is 34.8. The molecular formula is C19H36F6NO6PS2. The van der Waals surface area contributed by atoms with Crippen LogP contribution in [0.15, 0.2) is 0 Å². The summed E-state index contributed by atoms with van der Waals surface area (Å²) < 4.78 is 138. The van der Waals surface area contributed by atoms with Gasteiger partial charge in [0, 0.05) is 21.3 Å². The molecule has 0 aromatic carbocycles. The number of ether oxygens (including phenoxy) is 2. The lowest BCUT2D eigenvalue weighted by Gasteiger charge is -2.43. The van der Waals surface area contributed by atoms with E-state index in [-0.39, 0.29) is 0 Å². The summed E-state index contributed by atoms with van der Waals surface area (Å²) in [6.07, 6.45) is 3.23. The van der Waals surface area contributed by atoms with Gasteiger partial charge in [-0.25, -0.2) is 16.8 Å². The van der Waals surface area contributed by atoms with Crippen molar-refractivity contribution in [3.05, 3.63) is 0 Å². The van der Waals surface area contributed by atoms with E-state index in [0.29, 0.717) is 57.8 Å². The fourth-order valence-corrected chi connectivity index (χ4v) is 8.84. The van der Waals surface area contributed by atoms with Gasteiger partial charge < -0.3 is 9.47 Å². The SMILES string of the molecule is CCCCC(CCCC)(CCCC)C(OC(C)OC)PN(S(=O)(=O)C(F)(F)F)S(=O)(=O)C(F)(F)F. The summed E-state index contributed by atoms with van der Waals surface area (Å²) in [5, 5.41) is 0. The Morgan fingerprint density at radius 1 is 0.771 bits per heavy atom. The van der Waals surface area contributed by atoms with Crippen LogP contribution in [0.2, 0.25) is 0 Å². The van der Waals surface area contributed by atoms with Crippen molar-refractivity contribution in [1.29, 1.82) is 0 Å². The Morgan fingerprint density at radius 2 is 1.11 bits per heavy atom. The van der Waals surface area contributed by atoms with Crippen molar-refractivity contribution in [3.63, 3.8) is 0 Å². The summed E-state index contributed by atoms with van der Waals surface area (Å²) in [6, 6.07) is 0. The maximum absolute atomic E-state index is 13.4. The minimum Gasteiger partial charge on any atom is -0.356 e. The van der Waals surface area contributed by atoms with Gasteiger partial charge in [0.15, 0.2) is 6.29 Å². The van der Waals surface area contributed by atoms with Crippen LogP contribution in [0.4, 0.5) is 26.3 Å². The van der Waals surface area contributed by atoms with E-state index in [9.17, 15) is 43.2 Å². The molecule has 0 aromatic heterocycles. The number of methoxy groups -OCH3 is 1. The Labute approximate surface area is 206 Å². The first-order valence-electron chi connectivity index (χ1n) is 11.2. The Kier molecular flexibility index (Phi) is 14.0. The third-order valence-electron chi connectivity index (χ3n) is 5.54. The number of rotatable bonds is 17. The number of hydrogen-bond acceptors (Lipinski definition) is 6. The molecule has 0 spiro atoms. The Balaban J connectivity index is 7.06. The number of nitrogens with zero attached hydrogens (tertiary/aromatic N) is 1. The van der Waals surface area contributed by atoms with Crippen molar-refractivity contribution in [3.8, 4) is 0 Å². The molecule has 0 amide bonds. The predicted octanol–water partition coefficient (Wildman–Crippen LogP) is 6.47. The molecule has 16 heteroatoms. The first-order chi connectivity index (χ1) is 15.9. The normalized spacial score (nSPS) is 16.3. The Morgan fingerprint density at radius 3 is 1.37 bits per heavy atom. The molecule has 35 heavy (non-hydrogen) atoms. The highest BCUT2D eigenvalue weighted by atomic mass is 32.3. The highest BCUT2D eigenvalue weighted by Gasteiger charge is 2.63. The minimum absolute atomic E-state index is 0.295. The van der Waals surface area contributed by atoms with Crippen molar-refractivity contribution in [2.75, 3.05) is 7.11 Å². The van der Waals surface area contributed by atoms with Crippen LogP contribution in [-0.4, -0.2) is 50.6 Å². The summed E-state index contributed by atoms with van der Waals surface area (Å²) in [5.41, 5.74) is -13.6. The van der Waals surface area contributed by atoms with E-state index in [1.54, 1.807) is 0 Å². The molecule has 0 aromatic rings. The highest BCUT2D eigenvalue weighted by Crippen LogP contribution is 2.53.